The fraction of sp³-hybridized carbons (Fsp3) is 0.235. The van der Waals surface area contributed by atoms with Crippen LogP contribution >= 0.6 is 22.7 Å². The van der Waals surface area contributed by atoms with E-state index < -0.39 is 0 Å². The number of nitrogens with one attached hydrogen (secondary N) is 2. The maximum atomic E-state index is 13.1. The van der Waals surface area contributed by atoms with Crippen LogP contribution in [0.5, 0.6) is 0 Å². The summed E-state index contributed by atoms with van der Waals surface area (Å²) in [6, 6.07) is 19.5. The molecule has 2 aliphatic rings. The number of benzene rings is 2. The minimum absolute atomic E-state index is 0.0536. The summed E-state index contributed by atoms with van der Waals surface area (Å²) >= 11 is 2.95. The van der Waals surface area contributed by atoms with Gasteiger partial charge in [0.1, 0.15) is 11.6 Å². The highest BCUT2D eigenvalue weighted by atomic mass is 32.1. The number of nitrogens with zero attached hydrogens (tertiary/aromatic N) is 4. The van der Waals surface area contributed by atoms with Crippen molar-refractivity contribution < 1.29 is 9.59 Å². The maximum Gasteiger partial charge on any atom is 0.264 e. The number of hydrogen-bond donors (Lipinski definition) is 2. The smallest absolute Gasteiger partial charge is 0.264 e. The van der Waals surface area contributed by atoms with Crippen molar-refractivity contribution in [3.63, 3.8) is 0 Å². The van der Waals surface area contributed by atoms with Gasteiger partial charge in [-0.25, -0.2) is 9.97 Å². The molecule has 2 saturated heterocycles. The Labute approximate surface area is 261 Å². The molecule has 4 aromatic heterocycles. The fourth-order valence-corrected chi connectivity index (χ4v) is 7.70. The van der Waals surface area contributed by atoms with Crippen molar-refractivity contribution in [2.24, 2.45) is 0 Å². The molecule has 0 spiro atoms. The van der Waals surface area contributed by atoms with Crippen LogP contribution in [0.2, 0.25) is 0 Å². The highest BCUT2D eigenvalue weighted by Crippen LogP contribution is 2.35. The number of thiophene rings is 2. The Balaban J connectivity index is 1.01. The average molecular weight is 617 g/mol. The fourth-order valence-electron chi connectivity index (χ4n) is 6.34. The van der Waals surface area contributed by atoms with Gasteiger partial charge >= 0.3 is 0 Å². The third kappa shape index (κ3) is 4.88. The molecule has 0 bridgehead atoms. The number of amides is 2. The van der Waals surface area contributed by atoms with Gasteiger partial charge in [-0.15, -0.1) is 22.7 Å². The molecule has 2 aliphatic heterocycles. The Kier molecular flexibility index (Phi) is 6.77. The Morgan fingerprint density at radius 2 is 1.18 bits per heavy atom. The number of carbonyl (C=O) groups is 2. The lowest BCUT2D eigenvalue weighted by molar-refractivity contribution is 0.0728. The summed E-state index contributed by atoms with van der Waals surface area (Å²) in [5.41, 5.74) is 5.28. The molecule has 0 radical (unpaired) electrons. The molecule has 0 saturated carbocycles. The molecular weight excluding hydrogens is 589 g/mol. The minimum atomic E-state index is -0.0536. The van der Waals surface area contributed by atoms with E-state index in [4.69, 9.17) is 9.97 Å². The van der Waals surface area contributed by atoms with Crippen LogP contribution in [-0.4, -0.2) is 54.6 Å². The van der Waals surface area contributed by atoms with Crippen molar-refractivity contribution in [1.82, 2.24) is 29.7 Å². The van der Waals surface area contributed by atoms with Crippen LogP contribution < -0.4 is 0 Å². The first-order chi connectivity index (χ1) is 21.6. The SMILES string of the molecule is O=C(c1cccs1)N1CCC[C@H]1c1nc2cc(C#Cc3ccc4[nH]c([C@@H]5CCCN5C(=O)c5cccs5)nc4c3)ccc2[nH]1. The van der Waals surface area contributed by atoms with E-state index in [1.165, 1.54) is 22.7 Å². The summed E-state index contributed by atoms with van der Waals surface area (Å²) < 4.78 is 0. The number of H-pyrrole nitrogens is 2. The number of likely N-dealkylation sites (tertiary alicyclic amines) is 2. The largest absolute Gasteiger partial charge is 0.340 e. The van der Waals surface area contributed by atoms with E-state index in [1.54, 1.807) is 0 Å². The monoisotopic (exact) mass is 616 g/mol. The molecule has 6 aromatic rings. The summed E-state index contributed by atoms with van der Waals surface area (Å²) in [7, 11) is 0. The van der Waals surface area contributed by atoms with Crippen LogP contribution in [-0.2, 0) is 0 Å². The van der Waals surface area contributed by atoms with Crippen LogP contribution in [0.1, 0.15) is 79.9 Å². The molecule has 2 aromatic carbocycles. The van der Waals surface area contributed by atoms with Gasteiger partial charge in [0.25, 0.3) is 11.8 Å². The number of aromatic amines is 2. The predicted octanol–water partition coefficient (Wildman–Crippen LogP) is 6.92. The van der Waals surface area contributed by atoms with Crippen molar-refractivity contribution >= 4 is 56.6 Å². The Hall–Kier alpha value is -4.72. The zero-order valence-electron chi connectivity index (χ0n) is 23.7. The molecule has 8 rings (SSSR count). The topological polar surface area (TPSA) is 98.0 Å². The summed E-state index contributed by atoms with van der Waals surface area (Å²) in [5.74, 6) is 8.36. The number of aromatic nitrogens is 4. The molecule has 2 atom stereocenters. The number of imidazole rings is 2. The van der Waals surface area contributed by atoms with Gasteiger partial charge < -0.3 is 19.8 Å². The van der Waals surface area contributed by atoms with Crippen molar-refractivity contribution in [1.29, 1.82) is 0 Å². The second-order valence-corrected chi connectivity index (χ2v) is 13.1. The number of fused-ring (bicyclic) bond motifs is 2. The quantitative estimate of drug-likeness (QED) is 0.210. The van der Waals surface area contributed by atoms with E-state index in [2.05, 4.69) is 21.8 Å². The molecule has 6 heterocycles. The van der Waals surface area contributed by atoms with Gasteiger partial charge in [-0.1, -0.05) is 24.0 Å². The van der Waals surface area contributed by atoms with Gasteiger partial charge in [-0.3, -0.25) is 9.59 Å². The minimum Gasteiger partial charge on any atom is -0.340 e. The first-order valence-electron chi connectivity index (χ1n) is 14.8. The Morgan fingerprint density at radius 3 is 1.61 bits per heavy atom. The molecule has 8 nitrogen and oxygen atoms in total. The van der Waals surface area contributed by atoms with E-state index >= 15 is 0 Å². The second-order valence-electron chi connectivity index (χ2n) is 11.2. The number of carbonyl (C=O) groups excluding carboxylic acids is 2. The summed E-state index contributed by atoms with van der Waals surface area (Å²) in [6.07, 6.45) is 3.71. The van der Waals surface area contributed by atoms with E-state index in [-0.39, 0.29) is 23.9 Å². The van der Waals surface area contributed by atoms with E-state index in [0.717, 1.165) is 93.4 Å². The zero-order valence-corrected chi connectivity index (χ0v) is 25.4. The lowest BCUT2D eigenvalue weighted by atomic mass is 10.1. The van der Waals surface area contributed by atoms with Crippen molar-refractivity contribution in [3.8, 4) is 11.8 Å². The average Bonchev–Trinajstić information content (AvgIpc) is 3.89. The predicted molar refractivity (Wildman–Crippen MR) is 173 cm³/mol. The lowest BCUT2D eigenvalue weighted by Gasteiger charge is -2.22. The van der Waals surface area contributed by atoms with Crippen LogP contribution in [0.15, 0.2) is 71.4 Å². The van der Waals surface area contributed by atoms with Gasteiger partial charge in [0.2, 0.25) is 0 Å². The highest BCUT2D eigenvalue weighted by molar-refractivity contribution is 7.12. The molecule has 2 N–H and O–H groups in total. The molecule has 218 valence electrons. The normalized spacial score (nSPS) is 18.3. The van der Waals surface area contributed by atoms with Gasteiger partial charge in [-0.2, -0.15) is 0 Å². The summed E-state index contributed by atoms with van der Waals surface area (Å²) in [5, 5.41) is 3.87. The summed E-state index contributed by atoms with van der Waals surface area (Å²) in [4.78, 5) is 48.2. The molecule has 2 fully saturated rings. The second kappa shape index (κ2) is 11.1. The Morgan fingerprint density at radius 1 is 0.705 bits per heavy atom. The van der Waals surface area contributed by atoms with Gasteiger partial charge in [0.15, 0.2) is 0 Å². The lowest BCUT2D eigenvalue weighted by Crippen LogP contribution is -2.30. The summed E-state index contributed by atoms with van der Waals surface area (Å²) in [6.45, 7) is 1.48. The molecule has 44 heavy (non-hydrogen) atoms. The van der Waals surface area contributed by atoms with Crippen LogP contribution in [0.25, 0.3) is 22.1 Å². The van der Waals surface area contributed by atoms with Crippen molar-refractivity contribution in [2.75, 3.05) is 13.1 Å². The first-order valence-corrected chi connectivity index (χ1v) is 16.6. The molecular formula is C34H28N6O2S2. The first kappa shape index (κ1) is 26.9. The highest BCUT2D eigenvalue weighted by Gasteiger charge is 2.34. The van der Waals surface area contributed by atoms with Crippen molar-refractivity contribution in [2.45, 2.75) is 37.8 Å². The van der Waals surface area contributed by atoms with Gasteiger partial charge in [-0.05, 0) is 85.0 Å². The molecule has 10 heteroatoms. The van der Waals surface area contributed by atoms with E-state index in [0.29, 0.717) is 0 Å². The van der Waals surface area contributed by atoms with Crippen LogP contribution in [0, 0.1) is 11.8 Å². The van der Waals surface area contributed by atoms with E-state index in [9.17, 15) is 9.59 Å². The standard InChI is InChI=1S/C34H28N6O2S2/c41-33(29-7-3-17-43-29)39-15-1-5-27(39)31-35-23-13-11-21(19-25(23)37-31)9-10-22-12-14-24-26(20-22)38-32(36-24)28-6-2-16-40(28)34(42)30-8-4-18-44-30/h3-4,7-8,11-14,17-20,27-28H,1-2,5-6,15-16H2,(H,35,37)(H,36,38)/t27-,28-/m0/s1. The third-order valence-corrected chi connectivity index (χ3v) is 10.2. The number of rotatable bonds is 4. The van der Waals surface area contributed by atoms with Crippen LogP contribution in [0.4, 0.5) is 0 Å². The van der Waals surface area contributed by atoms with Crippen molar-refractivity contribution in [3.05, 3.63) is 104 Å². The molecule has 2 amide bonds. The zero-order chi connectivity index (χ0) is 29.6. The van der Waals surface area contributed by atoms with E-state index in [1.807, 2.05) is 81.2 Å². The Bertz CT molecular complexity index is 1920. The third-order valence-electron chi connectivity index (χ3n) is 8.48. The number of hydrogen-bond acceptors (Lipinski definition) is 6. The molecule has 0 aliphatic carbocycles. The van der Waals surface area contributed by atoms with Gasteiger partial charge in [0.05, 0.1) is 43.9 Å². The maximum absolute atomic E-state index is 13.1. The van der Waals surface area contributed by atoms with Gasteiger partial charge in [0, 0.05) is 24.2 Å². The molecule has 0 unspecified atom stereocenters. The van der Waals surface area contributed by atoms with Crippen LogP contribution in [0.3, 0.4) is 0 Å².